The first-order chi connectivity index (χ1) is 12.6. The van der Waals surface area contributed by atoms with Crippen LogP contribution in [0.2, 0.25) is 0 Å². The number of hydrogen-bond acceptors (Lipinski definition) is 4. The highest BCUT2D eigenvalue weighted by Gasteiger charge is 2.53. The van der Waals surface area contributed by atoms with Crippen LogP contribution >= 0.6 is 0 Å². The maximum atomic E-state index is 13.1. The van der Waals surface area contributed by atoms with Gasteiger partial charge in [-0.15, -0.1) is 10.2 Å². The molecule has 3 aliphatic rings. The van der Waals surface area contributed by atoms with Crippen molar-refractivity contribution in [1.29, 1.82) is 0 Å². The first-order valence-electron chi connectivity index (χ1n) is 9.73. The molecule has 3 heterocycles. The third kappa shape index (κ3) is 2.63. The molecule has 6 nitrogen and oxygen atoms in total. The summed E-state index contributed by atoms with van der Waals surface area (Å²) in [6.45, 7) is 4.59. The minimum absolute atomic E-state index is 0.100. The Morgan fingerprint density at radius 3 is 2.85 bits per heavy atom. The average Bonchev–Trinajstić information content (AvgIpc) is 3.15. The van der Waals surface area contributed by atoms with Gasteiger partial charge in [0, 0.05) is 37.9 Å². The van der Waals surface area contributed by atoms with Gasteiger partial charge in [0.05, 0.1) is 5.56 Å². The van der Waals surface area contributed by atoms with Crippen molar-refractivity contribution in [3.63, 3.8) is 0 Å². The van der Waals surface area contributed by atoms with Gasteiger partial charge in [-0.3, -0.25) is 9.78 Å². The second-order valence-electron chi connectivity index (χ2n) is 8.49. The number of aryl methyl sites for hydroxylation is 1. The molecule has 2 aromatic rings. The maximum Gasteiger partial charge on any atom is 0.255 e. The number of pyridine rings is 1. The first kappa shape index (κ1) is 16.0. The standard InChI is InChI=1S/C20H25N5O/c1-14-7-16(9-21-8-14)19(26)24-11-17(20(12-24)5-2-6-20)18-23-22-13-25(18)10-15-3-4-15/h7-9,13,15,17H,2-6,10-12H2,1H3. The summed E-state index contributed by atoms with van der Waals surface area (Å²) in [7, 11) is 0. The Hall–Kier alpha value is -2.24. The monoisotopic (exact) mass is 351 g/mol. The van der Waals surface area contributed by atoms with Crippen molar-refractivity contribution in [3.05, 3.63) is 41.7 Å². The zero-order valence-electron chi connectivity index (χ0n) is 15.3. The quantitative estimate of drug-likeness (QED) is 0.850. The largest absolute Gasteiger partial charge is 0.337 e. The van der Waals surface area contributed by atoms with E-state index in [-0.39, 0.29) is 11.3 Å². The number of nitrogens with zero attached hydrogens (tertiary/aromatic N) is 5. The molecule has 0 radical (unpaired) electrons. The molecule has 1 amide bonds. The van der Waals surface area contributed by atoms with Crippen LogP contribution in [0.4, 0.5) is 0 Å². The lowest BCUT2D eigenvalue weighted by Gasteiger charge is -2.42. The lowest BCUT2D eigenvalue weighted by molar-refractivity contribution is 0.0722. The fourth-order valence-corrected chi connectivity index (χ4v) is 4.72. The van der Waals surface area contributed by atoms with Crippen molar-refractivity contribution in [2.45, 2.75) is 51.5 Å². The van der Waals surface area contributed by atoms with E-state index in [0.29, 0.717) is 11.5 Å². The highest BCUT2D eigenvalue weighted by Crippen LogP contribution is 2.55. The normalized spacial score (nSPS) is 24.0. The van der Waals surface area contributed by atoms with Gasteiger partial charge in [-0.1, -0.05) is 6.42 Å². The minimum Gasteiger partial charge on any atom is -0.337 e. The van der Waals surface area contributed by atoms with Gasteiger partial charge in [-0.05, 0) is 55.6 Å². The van der Waals surface area contributed by atoms with Crippen molar-refractivity contribution >= 4 is 5.91 Å². The molecule has 0 N–H and O–H groups in total. The molecule has 0 aromatic carbocycles. The minimum atomic E-state index is 0.100. The summed E-state index contributed by atoms with van der Waals surface area (Å²) in [4.78, 5) is 19.3. The molecule has 1 saturated heterocycles. The van der Waals surface area contributed by atoms with Gasteiger partial charge in [0.15, 0.2) is 0 Å². The summed E-state index contributed by atoms with van der Waals surface area (Å²) >= 11 is 0. The van der Waals surface area contributed by atoms with Crippen molar-refractivity contribution in [2.75, 3.05) is 13.1 Å². The lowest BCUT2D eigenvalue weighted by Crippen LogP contribution is -2.38. The van der Waals surface area contributed by atoms with E-state index in [4.69, 9.17) is 0 Å². The van der Waals surface area contributed by atoms with Crippen molar-refractivity contribution in [3.8, 4) is 0 Å². The third-order valence-electron chi connectivity index (χ3n) is 6.52. The molecule has 6 heteroatoms. The van der Waals surface area contributed by atoms with Gasteiger partial charge < -0.3 is 9.47 Å². The number of hydrogen-bond donors (Lipinski definition) is 0. The average molecular weight is 351 g/mol. The molecule has 3 fully saturated rings. The van der Waals surface area contributed by atoms with Gasteiger partial charge in [-0.2, -0.15) is 0 Å². The third-order valence-corrected chi connectivity index (χ3v) is 6.52. The fourth-order valence-electron chi connectivity index (χ4n) is 4.72. The van der Waals surface area contributed by atoms with E-state index in [1.54, 1.807) is 12.4 Å². The van der Waals surface area contributed by atoms with Gasteiger partial charge >= 0.3 is 0 Å². The summed E-state index contributed by atoms with van der Waals surface area (Å²) in [6, 6.07) is 1.94. The molecular formula is C20H25N5O. The van der Waals surface area contributed by atoms with E-state index in [9.17, 15) is 4.79 Å². The number of carbonyl (C=O) groups excluding carboxylic acids is 1. The Balaban J connectivity index is 1.42. The van der Waals surface area contributed by atoms with Crippen LogP contribution < -0.4 is 0 Å². The van der Waals surface area contributed by atoms with Crippen LogP contribution in [0.3, 0.4) is 0 Å². The van der Waals surface area contributed by atoms with Gasteiger partial charge in [0.25, 0.3) is 5.91 Å². The molecule has 1 atom stereocenters. The summed E-state index contributed by atoms with van der Waals surface area (Å²) in [5.74, 6) is 2.29. The van der Waals surface area contributed by atoms with E-state index >= 15 is 0 Å². The maximum absolute atomic E-state index is 13.1. The predicted octanol–water partition coefficient (Wildman–Crippen LogP) is 2.80. The zero-order valence-corrected chi connectivity index (χ0v) is 15.3. The highest BCUT2D eigenvalue weighted by molar-refractivity contribution is 5.94. The molecule has 2 saturated carbocycles. The topological polar surface area (TPSA) is 63.9 Å². The van der Waals surface area contributed by atoms with Crippen LogP contribution in [0.5, 0.6) is 0 Å². The van der Waals surface area contributed by atoms with Crippen LogP contribution in [0.25, 0.3) is 0 Å². The number of amides is 1. The molecule has 0 bridgehead atoms. The molecule has 2 aliphatic carbocycles. The molecule has 2 aromatic heterocycles. The molecule has 5 rings (SSSR count). The van der Waals surface area contributed by atoms with Crippen LogP contribution in [-0.4, -0.2) is 43.6 Å². The van der Waals surface area contributed by atoms with Gasteiger partial charge in [0.1, 0.15) is 12.2 Å². The van der Waals surface area contributed by atoms with Crippen LogP contribution in [0.1, 0.15) is 59.8 Å². The second kappa shape index (κ2) is 5.89. The molecule has 1 unspecified atom stereocenters. The Morgan fingerprint density at radius 1 is 1.31 bits per heavy atom. The zero-order chi connectivity index (χ0) is 17.7. The smallest absolute Gasteiger partial charge is 0.255 e. The number of carbonyl (C=O) groups is 1. The van der Waals surface area contributed by atoms with E-state index in [1.165, 1.54) is 32.1 Å². The second-order valence-corrected chi connectivity index (χ2v) is 8.49. The number of aromatic nitrogens is 4. The Labute approximate surface area is 153 Å². The number of likely N-dealkylation sites (tertiary alicyclic amines) is 1. The molecular weight excluding hydrogens is 326 g/mol. The van der Waals surface area contributed by atoms with Crippen LogP contribution in [0, 0.1) is 18.3 Å². The molecule has 26 heavy (non-hydrogen) atoms. The van der Waals surface area contributed by atoms with E-state index < -0.39 is 0 Å². The van der Waals surface area contributed by atoms with E-state index in [1.807, 2.05) is 24.2 Å². The van der Waals surface area contributed by atoms with Crippen LogP contribution in [0.15, 0.2) is 24.8 Å². The van der Waals surface area contributed by atoms with Crippen molar-refractivity contribution in [2.24, 2.45) is 11.3 Å². The summed E-state index contributed by atoms with van der Waals surface area (Å²) in [5, 5.41) is 8.71. The Kier molecular flexibility index (Phi) is 3.62. The SMILES string of the molecule is Cc1cncc(C(=O)N2CC(c3nncn3CC3CC3)C3(CCC3)C2)c1. The van der Waals surface area contributed by atoms with E-state index in [2.05, 4.69) is 19.7 Å². The summed E-state index contributed by atoms with van der Waals surface area (Å²) in [5.41, 5.74) is 1.91. The molecule has 1 spiro atoms. The van der Waals surface area contributed by atoms with Crippen molar-refractivity contribution in [1.82, 2.24) is 24.6 Å². The Morgan fingerprint density at radius 2 is 2.15 bits per heavy atom. The van der Waals surface area contributed by atoms with Gasteiger partial charge in [-0.25, -0.2) is 0 Å². The van der Waals surface area contributed by atoms with E-state index in [0.717, 1.165) is 36.9 Å². The predicted molar refractivity (Wildman–Crippen MR) is 96.6 cm³/mol. The van der Waals surface area contributed by atoms with Crippen LogP contribution in [-0.2, 0) is 6.54 Å². The lowest BCUT2D eigenvalue weighted by atomic mass is 9.62. The summed E-state index contributed by atoms with van der Waals surface area (Å²) in [6.07, 6.45) is 11.6. The molecule has 1 aliphatic heterocycles. The van der Waals surface area contributed by atoms with Crippen molar-refractivity contribution < 1.29 is 4.79 Å². The highest BCUT2D eigenvalue weighted by atomic mass is 16.2. The van der Waals surface area contributed by atoms with Gasteiger partial charge in [0.2, 0.25) is 0 Å². The summed E-state index contributed by atoms with van der Waals surface area (Å²) < 4.78 is 2.25. The first-order valence-corrected chi connectivity index (χ1v) is 9.73. The fraction of sp³-hybridized carbons (Fsp3) is 0.600. The number of rotatable bonds is 4. The molecule has 136 valence electrons. The Bertz CT molecular complexity index is 836.